The summed E-state index contributed by atoms with van der Waals surface area (Å²) in [6, 6.07) is 0. The highest BCUT2D eigenvalue weighted by atomic mass is 35.7. The highest BCUT2D eigenvalue weighted by molar-refractivity contribution is 8.13. The summed E-state index contributed by atoms with van der Waals surface area (Å²) in [7, 11) is 1.96. The molecule has 3 rings (SSSR count). The SMILES string of the molecule is CC1(C)C2CCC(CCS(=O)(=O)Cl)C1C2. The lowest BCUT2D eigenvalue weighted by atomic mass is 9.45. The van der Waals surface area contributed by atoms with Crippen molar-refractivity contribution in [2.24, 2.45) is 23.2 Å². The van der Waals surface area contributed by atoms with E-state index in [-0.39, 0.29) is 5.75 Å². The second kappa shape index (κ2) is 3.63. The molecular weight excluding hydrogens is 232 g/mol. The van der Waals surface area contributed by atoms with E-state index in [0.29, 0.717) is 11.3 Å². The topological polar surface area (TPSA) is 34.1 Å². The molecule has 3 aliphatic rings. The second-order valence-electron chi connectivity index (χ2n) is 5.73. The van der Waals surface area contributed by atoms with Crippen LogP contribution in [0.4, 0.5) is 0 Å². The molecule has 0 radical (unpaired) electrons. The van der Waals surface area contributed by atoms with Gasteiger partial charge in [0, 0.05) is 10.7 Å². The van der Waals surface area contributed by atoms with E-state index in [1.165, 1.54) is 19.3 Å². The molecule has 4 heteroatoms. The number of halogens is 1. The summed E-state index contributed by atoms with van der Waals surface area (Å²) in [4.78, 5) is 0. The zero-order valence-electron chi connectivity index (χ0n) is 9.37. The van der Waals surface area contributed by atoms with Gasteiger partial charge < -0.3 is 0 Å². The summed E-state index contributed by atoms with van der Waals surface area (Å²) in [5, 5.41) is 0. The number of rotatable bonds is 3. The zero-order valence-corrected chi connectivity index (χ0v) is 10.9. The van der Waals surface area contributed by atoms with Crippen LogP contribution in [0.25, 0.3) is 0 Å². The Kier molecular flexibility index (Phi) is 2.83. The maximum absolute atomic E-state index is 10.9. The highest BCUT2D eigenvalue weighted by Crippen LogP contribution is 2.61. The van der Waals surface area contributed by atoms with Gasteiger partial charge in [0.15, 0.2) is 0 Å². The predicted molar refractivity (Wildman–Crippen MR) is 62.4 cm³/mol. The summed E-state index contributed by atoms with van der Waals surface area (Å²) in [6.07, 6.45) is 4.54. The number of hydrogen-bond acceptors (Lipinski definition) is 2. The Bertz CT molecular complexity index is 346. The maximum Gasteiger partial charge on any atom is 0.232 e. The number of hydrogen-bond donors (Lipinski definition) is 0. The van der Waals surface area contributed by atoms with Gasteiger partial charge in [-0.2, -0.15) is 0 Å². The van der Waals surface area contributed by atoms with Gasteiger partial charge in [0.1, 0.15) is 0 Å². The normalized spacial score (nSPS) is 38.5. The van der Waals surface area contributed by atoms with Crippen molar-refractivity contribution in [1.82, 2.24) is 0 Å². The Morgan fingerprint density at radius 2 is 2.00 bits per heavy atom. The van der Waals surface area contributed by atoms with E-state index >= 15 is 0 Å². The average molecular weight is 251 g/mol. The molecule has 0 amide bonds. The monoisotopic (exact) mass is 250 g/mol. The molecular formula is C11H19ClO2S. The number of fused-ring (bicyclic) bond motifs is 2. The molecule has 3 unspecified atom stereocenters. The first-order chi connectivity index (χ1) is 6.81. The Morgan fingerprint density at radius 1 is 1.33 bits per heavy atom. The van der Waals surface area contributed by atoms with Gasteiger partial charge in [0.25, 0.3) is 0 Å². The molecule has 88 valence electrons. The van der Waals surface area contributed by atoms with Gasteiger partial charge in [-0.25, -0.2) is 8.42 Å². The van der Waals surface area contributed by atoms with E-state index in [0.717, 1.165) is 18.3 Å². The van der Waals surface area contributed by atoms with E-state index in [1.807, 2.05) is 0 Å². The molecule has 0 spiro atoms. The van der Waals surface area contributed by atoms with Gasteiger partial charge in [-0.3, -0.25) is 0 Å². The molecule has 0 aromatic rings. The minimum absolute atomic E-state index is 0.149. The van der Waals surface area contributed by atoms with E-state index in [4.69, 9.17) is 10.7 Å². The van der Waals surface area contributed by atoms with Crippen molar-refractivity contribution >= 4 is 19.7 Å². The predicted octanol–water partition coefficient (Wildman–Crippen LogP) is 3.02. The van der Waals surface area contributed by atoms with Gasteiger partial charge >= 0.3 is 0 Å². The Labute approximate surface area is 96.8 Å². The lowest BCUT2D eigenvalue weighted by Gasteiger charge is -2.60. The van der Waals surface area contributed by atoms with Crippen LogP contribution in [-0.4, -0.2) is 14.2 Å². The Hall–Kier alpha value is 0.240. The minimum atomic E-state index is -3.29. The van der Waals surface area contributed by atoms with Crippen molar-refractivity contribution in [2.45, 2.75) is 39.5 Å². The first kappa shape index (κ1) is 11.7. The fourth-order valence-corrected chi connectivity index (χ4v) is 4.45. The van der Waals surface area contributed by atoms with Crippen LogP contribution in [0.5, 0.6) is 0 Å². The molecule has 0 aromatic carbocycles. The van der Waals surface area contributed by atoms with E-state index in [2.05, 4.69) is 13.8 Å². The summed E-state index contributed by atoms with van der Waals surface area (Å²) >= 11 is 0. The van der Waals surface area contributed by atoms with Crippen LogP contribution in [0.15, 0.2) is 0 Å². The molecule has 0 heterocycles. The van der Waals surface area contributed by atoms with E-state index < -0.39 is 9.05 Å². The van der Waals surface area contributed by atoms with E-state index in [1.54, 1.807) is 0 Å². The standard InChI is InChI=1S/C11H19ClO2S/c1-11(2)9-4-3-8(10(11)7-9)5-6-15(12,13)14/h8-10H,3-7H2,1-2H3. The van der Waals surface area contributed by atoms with Gasteiger partial charge in [-0.15, -0.1) is 0 Å². The molecule has 3 saturated carbocycles. The lowest BCUT2D eigenvalue weighted by molar-refractivity contribution is -0.105. The van der Waals surface area contributed by atoms with Gasteiger partial charge in [0.2, 0.25) is 9.05 Å². The summed E-state index contributed by atoms with van der Waals surface area (Å²) < 4.78 is 21.8. The smallest absolute Gasteiger partial charge is 0.212 e. The van der Waals surface area contributed by atoms with Crippen molar-refractivity contribution in [3.8, 4) is 0 Å². The first-order valence-corrected chi connectivity index (χ1v) is 8.21. The molecule has 2 nitrogen and oxygen atoms in total. The molecule has 0 saturated heterocycles. The van der Waals surface area contributed by atoms with Crippen LogP contribution < -0.4 is 0 Å². The van der Waals surface area contributed by atoms with Crippen LogP contribution in [0, 0.1) is 23.2 Å². The minimum Gasteiger partial charge on any atom is -0.212 e. The molecule has 2 bridgehead atoms. The fourth-order valence-electron chi connectivity index (χ4n) is 3.60. The van der Waals surface area contributed by atoms with Gasteiger partial charge in [-0.1, -0.05) is 13.8 Å². The van der Waals surface area contributed by atoms with Crippen LogP contribution >= 0.6 is 10.7 Å². The molecule has 0 aromatic heterocycles. The van der Waals surface area contributed by atoms with Gasteiger partial charge in [0.05, 0.1) is 5.75 Å². The second-order valence-corrected chi connectivity index (χ2v) is 8.63. The van der Waals surface area contributed by atoms with Crippen molar-refractivity contribution < 1.29 is 8.42 Å². The van der Waals surface area contributed by atoms with Crippen LogP contribution in [0.3, 0.4) is 0 Å². The Balaban J connectivity index is 1.94. The molecule has 15 heavy (non-hydrogen) atoms. The summed E-state index contributed by atoms with van der Waals surface area (Å²) in [5.74, 6) is 2.34. The summed E-state index contributed by atoms with van der Waals surface area (Å²) in [6.45, 7) is 4.65. The average Bonchev–Trinajstić information content (AvgIpc) is 2.13. The van der Waals surface area contributed by atoms with Gasteiger partial charge in [-0.05, 0) is 48.9 Å². The van der Waals surface area contributed by atoms with Crippen LogP contribution in [0.2, 0.25) is 0 Å². The van der Waals surface area contributed by atoms with Crippen molar-refractivity contribution in [3.05, 3.63) is 0 Å². The molecule has 3 aliphatic carbocycles. The van der Waals surface area contributed by atoms with Crippen LogP contribution in [0.1, 0.15) is 39.5 Å². The molecule has 3 atom stereocenters. The third-order valence-corrected chi connectivity index (χ3v) is 5.92. The third kappa shape index (κ3) is 2.19. The molecule has 3 fully saturated rings. The molecule has 0 N–H and O–H groups in total. The summed E-state index contributed by atoms with van der Waals surface area (Å²) in [5.41, 5.74) is 0.443. The lowest BCUT2D eigenvalue weighted by Crippen LogP contribution is -2.52. The quantitative estimate of drug-likeness (QED) is 0.722. The highest BCUT2D eigenvalue weighted by Gasteiger charge is 2.53. The maximum atomic E-state index is 10.9. The van der Waals surface area contributed by atoms with Crippen molar-refractivity contribution in [3.63, 3.8) is 0 Å². The first-order valence-electron chi connectivity index (χ1n) is 5.73. The third-order valence-electron chi connectivity index (χ3n) is 4.73. The Morgan fingerprint density at radius 3 is 2.47 bits per heavy atom. The van der Waals surface area contributed by atoms with Crippen molar-refractivity contribution in [2.75, 3.05) is 5.75 Å². The zero-order chi connectivity index (χ0) is 11.3. The van der Waals surface area contributed by atoms with Crippen LogP contribution in [-0.2, 0) is 9.05 Å². The van der Waals surface area contributed by atoms with E-state index in [9.17, 15) is 8.42 Å². The molecule has 0 aliphatic heterocycles. The van der Waals surface area contributed by atoms with Crippen molar-refractivity contribution in [1.29, 1.82) is 0 Å². The largest absolute Gasteiger partial charge is 0.232 e. The fraction of sp³-hybridized carbons (Fsp3) is 1.00.